The van der Waals surface area contributed by atoms with Crippen molar-refractivity contribution in [3.05, 3.63) is 11.7 Å². The minimum absolute atomic E-state index is 0.282. The van der Waals surface area contributed by atoms with Gasteiger partial charge in [0.15, 0.2) is 5.82 Å². The molecule has 1 fully saturated rings. The Morgan fingerprint density at radius 2 is 2.40 bits per heavy atom. The van der Waals surface area contributed by atoms with Crippen LogP contribution in [0.3, 0.4) is 0 Å². The molecule has 0 saturated carbocycles. The van der Waals surface area contributed by atoms with Crippen LogP contribution in [0.15, 0.2) is 4.52 Å². The Labute approximate surface area is 90.4 Å². The van der Waals surface area contributed by atoms with Crippen molar-refractivity contribution in [2.75, 3.05) is 6.54 Å². The van der Waals surface area contributed by atoms with E-state index in [1.165, 1.54) is 12.8 Å². The first-order valence-corrected chi connectivity index (χ1v) is 5.88. The lowest BCUT2D eigenvalue weighted by Crippen LogP contribution is -2.27. The van der Waals surface area contributed by atoms with Crippen molar-refractivity contribution in [3.63, 3.8) is 0 Å². The zero-order chi connectivity index (χ0) is 10.7. The van der Waals surface area contributed by atoms with Gasteiger partial charge in [-0.05, 0) is 25.8 Å². The van der Waals surface area contributed by atoms with Gasteiger partial charge in [-0.25, -0.2) is 0 Å². The van der Waals surface area contributed by atoms with Gasteiger partial charge in [-0.2, -0.15) is 4.98 Å². The van der Waals surface area contributed by atoms with Gasteiger partial charge in [-0.1, -0.05) is 25.4 Å². The summed E-state index contributed by atoms with van der Waals surface area (Å²) < 4.78 is 5.30. The van der Waals surface area contributed by atoms with Crippen LogP contribution < -0.4 is 5.32 Å². The molecule has 0 aromatic carbocycles. The summed E-state index contributed by atoms with van der Waals surface area (Å²) in [5, 5.41) is 7.45. The molecule has 1 aliphatic rings. The van der Waals surface area contributed by atoms with Crippen molar-refractivity contribution >= 4 is 0 Å². The fraction of sp³-hybridized carbons (Fsp3) is 0.818. The van der Waals surface area contributed by atoms with Crippen molar-refractivity contribution in [1.82, 2.24) is 15.5 Å². The van der Waals surface area contributed by atoms with E-state index < -0.39 is 0 Å². The summed E-state index contributed by atoms with van der Waals surface area (Å²) in [6.45, 7) is 5.33. The molecular formula is C11H19N3O. The fourth-order valence-electron chi connectivity index (χ4n) is 1.83. The Morgan fingerprint density at radius 3 is 3.07 bits per heavy atom. The molecule has 1 unspecified atom stereocenters. The lowest BCUT2D eigenvalue weighted by molar-refractivity contribution is 0.295. The number of nitrogens with zero attached hydrogens (tertiary/aromatic N) is 2. The molecule has 0 bridgehead atoms. The number of aromatic nitrogens is 2. The fourth-order valence-corrected chi connectivity index (χ4v) is 1.83. The largest absolute Gasteiger partial charge is 0.338 e. The lowest BCUT2D eigenvalue weighted by Gasteiger charge is -2.19. The van der Waals surface area contributed by atoms with Crippen LogP contribution >= 0.6 is 0 Å². The van der Waals surface area contributed by atoms with Gasteiger partial charge in [-0.15, -0.1) is 0 Å². The highest BCUT2D eigenvalue weighted by molar-refractivity contribution is 4.97. The summed E-state index contributed by atoms with van der Waals surface area (Å²) in [7, 11) is 0. The molecule has 1 aliphatic heterocycles. The van der Waals surface area contributed by atoms with Gasteiger partial charge in [0.2, 0.25) is 5.89 Å². The summed E-state index contributed by atoms with van der Waals surface area (Å²) in [6, 6.07) is 0.282. The highest BCUT2D eigenvalue weighted by Crippen LogP contribution is 2.23. The monoisotopic (exact) mass is 209 g/mol. The maximum atomic E-state index is 5.30. The van der Waals surface area contributed by atoms with E-state index in [-0.39, 0.29) is 6.04 Å². The summed E-state index contributed by atoms with van der Waals surface area (Å²) in [5.74, 6) is 2.01. The molecule has 0 spiro atoms. The second kappa shape index (κ2) is 4.75. The molecule has 2 atom stereocenters. The van der Waals surface area contributed by atoms with Crippen molar-refractivity contribution in [1.29, 1.82) is 0 Å². The first kappa shape index (κ1) is 10.6. The van der Waals surface area contributed by atoms with E-state index in [1.54, 1.807) is 0 Å². The van der Waals surface area contributed by atoms with E-state index in [4.69, 9.17) is 4.52 Å². The molecule has 0 aliphatic carbocycles. The highest BCUT2D eigenvalue weighted by atomic mass is 16.5. The third-order valence-corrected chi connectivity index (χ3v) is 3.12. The number of piperidine rings is 1. The van der Waals surface area contributed by atoms with E-state index in [0.29, 0.717) is 5.92 Å². The Kier molecular flexibility index (Phi) is 3.36. The van der Waals surface area contributed by atoms with Crippen molar-refractivity contribution in [2.24, 2.45) is 0 Å². The van der Waals surface area contributed by atoms with Crippen molar-refractivity contribution in [2.45, 2.75) is 51.5 Å². The van der Waals surface area contributed by atoms with Crippen LogP contribution in [0.5, 0.6) is 0 Å². The Balaban J connectivity index is 2.05. The van der Waals surface area contributed by atoms with Gasteiger partial charge in [0, 0.05) is 5.92 Å². The van der Waals surface area contributed by atoms with E-state index in [1.807, 2.05) is 0 Å². The van der Waals surface area contributed by atoms with Gasteiger partial charge in [0.25, 0.3) is 0 Å². The molecular weight excluding hydrogens is 190 g/mol. The van der Waals surface area contributed by atoms with Gasteiger partial charge in [-0.3, -0.25) is 0 Å². The highest BCUT2D eigenvalue weighted by Gasteiger charge is 2.21. The standard InChI is InChI=1S/C11H19N3O/c1-3-8(2)10-13-11(15-14-10)9-6-4-5-7-12-9/h8-9,12H,3-7H2,1-2H3/t8?,9-/m1/s1. The minimum Gasteiger partial charge on any atom is -0.338 e. The molecule has 1 N–H and O–H groups in total. The van der Waals surface area contributed by atoms with Gasteiger partial charge in [0.05, 0.1) is 6.04 Å². The van der Waals surface area contributed by atoms with E-state index in [0.717, 1.165) is 31.1 Å². The Morgan fingerprint density at radius 1 is 1.53 bits per heavy atom. The summed E-state index contributed by atoms with van der Waals surface area (Å²) in [6.07, 6.45) is 4.67. The summed E-state index contributed by atoms with van der Waals surface area (Å²) in [4.78, 5) is 4.46. The molecule has 4 heteroatoms. The first-order chi connectivity index (χ1) is 7.31. The summed E-state index contributed by atoms with van der Waals surface area (Å²) >= 11 is 0. The van der Waals surface area contributed by atoms with Gasteiger partial charge >= 0.3 is 0 Å². The van der Waals surface area contributed by atoms with Gasteiger partial charge < -0.3 is 9.84 Å². The number of rotatable bonds is 3. The maximum absolute atomic E-state index is 5.30. The normalized spacial score (nSPS) is 24.0. The molecule has 4 nitrogen and oxygen atoms in total. The van der Waals surface area contributed by atoms with E-state index in [2.05, 4.69) is 29.3 Å². The third-order valence-electron chi connectivity index (χ3n) is 3.12. The second-order valence-corrected chi connectivity index (χ2v) is 4.30. The average Bonchev–Trinajstić information content (AvgIpc) is 2.78. The number of hydrogen-bond donors (Lipinski definition) is 1. The molecule has 84 valence electrons. The second-order valence-electron chi connectivity index (χ2n) is 4.30. The van der Waals surface area contributed by atoms with Crippen LogP contribution in [0, 0.1) is 0 Å². The molecule has 1 saturated heterocycles. The van der Waals surface area contributed by atoms with Gasteiger partial charge in [0.1, 0.15) is 0 Å². The zero-order valence-electron chi connectivity index (χ0n) is 9.49. The summed E-state index contributed by atoms with van der Waals surface area (Å²) in [5.41, 5.74) is 0. The topological polar surface area (TPSA) is 51.0 Å². The maximum Gasteiger partial charge on any atom is 0.243 e. The molecule has 0 radical (unpaired) electrons. The molecule has 2 rings (SSSR count). The average molecular weight is 209 g/mol. The molecule has 0 amide bonds. The smallest absolute Gasteiger partial charge is 0.243 e. The molecule has 1 aromatic heterocycles. The molecule has 1 aromatic rings. The van der Waals surface area contributed by atoms with Crippen LogP contribution in [0.25, 0.3) is 0 Å². The minimum atomic E-state index is 0.282. The lowest BCUT2D eigenvalue weighted by atomic mass is 10.1. The number of hydrogen-bond acceptors (Lipinski definition) is 4. The first-order valence-electron chi connectivity index (χ1n) is 5.88. The number of nitrogens with one attached hydrogen (secondary N) is 1. The SMILES string of the molecule is CCC(C)c1noc([C@H]2CCCCN2)n1. The predicted molar refractivity (Wildman–Crippen MR) is 57.6 cm³/mol. The van der Waals surface area contributed by atoms with Crippen LogP contribution in [0.2, 0.25) is 0 Å². The Bertz CT molecular complexity index is 305. The van der Waals surface area contributed by atoms with Crippen LogP contribution in [-0.2, 0) is 0 Å². The third kappa shape index (κ3) is 2.37. The van der Waals surface area contributed by atoms with Crippen LogP contribution in [0.1, 0.15) is 63.2 Å². The van der Waals surface area contributed by atoms with E-state index in [9.17, 15) is 0 Å². The molecule has 2 heterocycles. The predicted octanol–water partition coefficient (Wildman–Crippen LogP) is 2.40. The zero-order valence-corrected chi connectivity index (χ0v) is 9.49. The van der Waals surface area contributed by atoms with E-state index >= 15 is 0 Å². The van der Waals surface area contributed by atoms with Crippen molar-refractivity contribution in [3.8, 4) is 0 Å². The van der Waals surface area contributed by atoms with Crippen molar-refractivity contribution < 1.29 is 4.52 Å². The quantitative estimate of drug-likeness (QED) is 0.830. The Hall–Kier alpha value is -0.900. The van der Waals surface area contributed by atoms with Crippen LogP contribution in [0.4, 0.5) is 0 Å². The van der Waals surface area contributed by atoms with Crippen LogP contribution in [-0.4, -0.2) is 16.7 Å². The molecule has 15 heavy (non-hydrogen) atoms.